The molecule has 1 aromatic heterocycles. The van der Waals surface area contributed by atoms with Crippen molar-refractivity contribution >= 4 is 50.7 Å². The molecule has 1 aliphatic rings. The largest absolute Gasteiger partial charge is 0.273 e. The number of rotatable bonds is 4. The highest BCUT2D eigenvalue weighted by Gasteiger charge is 2.42. The molecule has 1 aliphatic heterocycles. The number of nitrogens with zero attached hydrogens (tertiary/aromatic N) is 4. The van der Waals surface area contributed by atoms with Gasteiger partial charge in [-0.15, -0.1) is 0 Å². The Labute approximate surface area is 196 Å². The van der Waals surface area contributed by atoms with Gasteiger partial charge in [-0.3, -0.25) is 4.79 Å². The summed E-state index contributed by atoms with van der Waals surface area (Å²) in [5.41, 5.74) is 1.87. The van der Waals surface area contributed by atoms with Gasteiger partial charge in [-0.05, 0) is 43.7 Å². The minimum Gasteiger partial charge on any atom is -0.273 e. The number of aromatic nitrogens is 2. The summed E-state index contributed by atoms with van der Waals surface area (Å²) in [7, 11) is -2.79. The van der Waals surface area contributed by atoms with Crippen molar-refractivity contribution in [2.45, 2.75) is 24.8 Å². The summed E-state index contributed by atoms with van der Waals surface area (Å²) in [6.07, 6.45) is 0. The van der Waals surface area contributed by atoms with Crippen molar-refractivity contribution in [2.75, 3.05) is 7.05 Å². The molecular weight excluding hydrogens is 471 g/mol. The summed E-state index contributed by atoms with van der Waals surface area (Å²) in [4.78, 5) is 18.2. The number of carbonyl (C=O) groups excluding carboxylic acids is 1. The highest BCUT2D eigenvalue weighted by atomic mass is 35.5. The molecule has 166 valence electrons. The van der Waals surface area contributed by atoms with Crippen molar-refractivity contribution in [3.05, 3.63) is 75.9 Å². The number of halogens is 2. The predicted octanol–water partition coefficient (Wildman–Crippen LogP) is 4.66. The van der Waals surface area contributed by atoms with Crippen LogP contribution < -0.4 is 0 Å². The van der Waals surface area contributed by atoms with Crippen LogP contribution >= 0.6 is 23.2 Å². The highest BCUT2D eigenvalue weighted by molar-refractivity contribution is 7.89. The Hall–Kier alpha value is -2.68. The smallest absolute Gasteiger partial charge is 0.266 e. The number of amides is 1. The number of hydrogen-bond donors (Lipinski definition) is 0. The fraction of sp³-hybridized carbons (Fsp3) is 0.227. The third-order valence-electron chi connectivity index (χ3n) is 5.42. The highest BCUT2D eigenvalue weighted by Crippen LogP contribution is 2.39. The van der Waals surface area contributed by atoms with E-state index in [2.05, 4.69) is 10.1 Å². The van der Waals surface area contributed by atoms with Gasteiger partial charge in [-0.1, -0.05) is 47.5 Å². The molecule has 0 aliphatic carbocycles. The number of sulfonamides is 1. The van der Waals surface area contributed by atoms with Crippen LogP contribution in [0, 0.1) is 12.8 Å². The first kappa shape index (κ1) is 22.5. The molecule has 2 unspecified atom stereocenters. The summed E-state index contributed by atoms with van der Waals surface area (Å²) < 4.78 is 28.6. The molecular formula is C22H20Cl2N4O3S. The molecule has 7 nitrogen and oxygen atoms in total. The normalized spacial score (nSPS) is 18.1. The third kappa shape index (κ3) is 3.83. The van der Waals surface area contributed by atoms with Gasteiger partial charge >= 0.3 is 0 Å². The van der Waals surface area contributed by atoms with Crippen LogP contribution in [-0.2, 0) is 14.8 Å². The van der Waals surface area contributed by atoms with Crippen LogP contribution in [0.15, 0.2) is 64.5 Å². The van der Waals surface area contributed by atoms with Gasteiger partial charge in [0.15, 0.2) is 5.82 Å². The summed E-state index contributed by atoms with van der Waals surface area (Å²) in [5.74, 6) is -0.957. The van der Waals surface area contributed by atoms with Crippen molar-refractivity contribution in [3.63, 3.8) is 0 Å². The first-order valence-electron chi connectivity index (χ1n) is 9.75. The van der Waals surface area contributed by atoms with Crippen LogP contribution in [0.25, 0.3) is 0 Å². The Kier molecular flexibility index (Phi) is 5.87. The van der Waals surface area contributed by atoms with E-state index in [1.807, 2.05) is 6.92 Å². The zero-order valence-electron chi connectivity index (χ0n) is 17.5. The van der Waals surface area contributed by atoms with Gasteiger partial charge in [0.25, 0.3) is 10.0 Å². The van der Waals surface area contributed by atoms with Crippen LogP contribution in [0.2, 0.25) is 10.0 Å². The van der Waals surface area contributed by atoms with E-state index in [0.29, 0.717) is 27.1 Å². The van der Waals surface area contributed by atoms with Crippen molar-refractivity contribution < 1.29 is 13.2 Å². The maximum absolute atomic E-state index is 13.6. The van der Waals surface area contributed by atoms with E-state index < -0.39 is 27.9 Å². The second kappa shape index (κ2) is 8.35. The lowest BCUT2D eigenvalue weighted by atomic mass is 9.87. The SMILES string of the molecule is CC1=Nc2cc(C)nn2C(c2ccc(Cl)c(Cl)c2)C1C(=O)N(C)S(=O)(=O)c1ccccc1. The number of aliphatic imine (C=N–C) groups is 1. The fourth-order valence-corrected chi connectivity index (χ4v) is 5.29. The van der Waals surface area contributed by atoms with Crippen LogP contribution in [-0.4, -0.2) is 41.2 Å². The summed E-state index contributed by atoms with van der Waals surface area (Å²) in [6.45, 7) is 3.53. The van der Waals surface area contributed by atoms with Gasteiger partial charge in [0.05, 0.1) is 26.7 Å². The van der Waals surface area contributed by atoms with Crippen molar-refractivity contribution in [1.82, 2.24) is 14.1 Å². The molecule has 2 aromatic carbocycles. The second-order valence-corrected chi connectivity index (χ2v) is 10.3. The monoisotopic (exact) mass is 490 g/mol. The van der Waals surface area contributed by atoms with E-state index in [1.165, 1.54) is 19.2 Å². The molecule has 3 aromatic rings. The van der Waals surface area contributed by atoms with Gasteiger partial charge in [-0.2, -0.15) is 5.10 Å². The van der Waals surface area contributed by atoms with Crippen molar-refractivity contribution in [3.8, 4) is 0 Å². The standard InChI is InChI=1S/C22H20Cl2N4O3S/c1-13-11-19-25-14(2)20(21(28(19)26-13)15-9-10-17(23)18(24)12-15)22(29)27(3)32(30,31)16-7-5-4-6-8-16/h4-12,20-21H,1-3H3. The number of aryl methyl sites for hydroxylation is 1. The van der Waals surface area contributed by atoms with E-state index in [4.69, 9.17) is 23.2 Å². The minimum atomic E-state index is -4.05. The summed E-state index contributed by atoms with van der Waals surface area (Å²) in [6, 6.07) is 14.0. The molecule has 0 saturated carbocycles. The quantitative estimate of drug-likeness (QED) is 0.532. The minimum absolute atomic E-state index is 0.0305. The Bertz CT molecular complexity index is 1340. The van der Waals surface area contributed by atoms with Crippen LogP contribution in [0.4, 0.5) is 5.82 Å². The Morgan fingerprint density at radius 1 is 1.03 bits per heavy atom. The molecule has 2 heterocycles. The second-order valence-electron chi connectivity index (χ2n) is 7.56. The zero-order valence-corrected chi connectivity index (χ0v) is 19.9. The number of hydrogen-bond acceptors (Lipinski definition) is 5. The molecule has 10 heteroatoms. The average Bonchev–Trinajstić information content (AvgIpc) is 3.13. The molecule has 0 N–H and O–H groups in total. The maximum atomic E-state index is 13.6. The Balaban J connectivity index is 1.83. The molecule has 0 fully saturated rings. The number of fused-ring (bicyclic) bond motifs is 1. The molecule has 0 spiro atoms. The Morgan fingerprint density at radius 2 is 1.72 bits per heavy atom. The van der Waals surface area contributed by atoms with Gasteiger partial charge in [0.2, 0.25) is 5.91 Å². The topological polar surface area (TPSA) is 84.6 Å². The van der Waals surface area contributed by atoms with Crippen molar-refractivity contribution in [2.24, 2.45) is 10.9 Å². The number of carbonyl (C=O) groups is 1. The summed E-state index contributed by atoms with van der Waals surface area (Å²) >= 11 is 12.4. The molecule has 1 amide bonds. The zero-order chi connectivity index (χ0) is 23.2. The van der Waals surface area contributed by atoms with Crippen LogP contribution in [0.5, 0.6) is 0 Å². The lowest BCUT2D eigenvalue weighted by molar-refractivity contribution is -0.128. The van der Waals surface area contributed by atoms with E-state index in [0.717, 1.165) is 10.00 Å². The van der Waals surface area contributed by atoms with Gasteiger partial charge < -0.3 is 0 Å². The predicted molar refractivity (Wildman–Crippen MR) is 124 cm³/mol. The van der Waals surface area contributed by atoms with Gasteiger partial charge in [0, 0.05) is 18.8 Å². The maximum Gasteiger partial charge on any atom is 0.266 e. The van der Waals surface area contributed by atoms with E-state index >= 15 is 0 Å². The first-order valence-corrected chi connectivity index (χ1v) is 11.9. The molecule has 0 radical (unpaired) electrons. The first-order chi connectivity index (χ1) is 15.1. The molecule has 32 heavy (non-hydrogen) atoms. The molecule has 2 atom stereocenters. The third-order valence-corrected chi connectivity index (χ3v) is 7.93. The van der Waals surface area contributed by atoms with Crippen LogP contribution in [0.3, 0.4) is 0 Å². The van der Waals surface area contributed by atoms with Gasteiger partial charge in [0.1, 0.15) is 5.92 Å². The Morgan fingerprint density at radius 3 is 2.38 bits per heavy atom. The molecule has 4 rings (SSSR count). The lowest BCUT2D eigenvalue weighted by Crippen LogP contribution is -2.45. The number of benzene rings is 2. The molecule has 0 saturated heterocycles. The van der Waals surface area contributed by atoms with E-state index in [1.54, 1.807) is 54.1 Å². The van der Waals surface area contributed by atoms with Crippen LogP contribution in [0.1, 0.15) is 24.2 Å². The molecule has 0 bridgehead atoms. The van der Waals surface area contributed by atoms with Crippen molar-refractivity contribution in [1.29, 1.82) is 0 Å². The fourth-order valence-electron chi connectivity index (χ4n) is 3.82. The average molecular weight is 491 g/mol. The van der Waals surface area contributed by atoms with E-state index in [9.17, 15) is 13.2 Å². The lowest BCUT2D eigenvalue weighted by Gasteiger charge is -2.33. The van der Waals surface area contributed by atoms with E-state index in [-0.39, 0.29) is 4.90 Å². The van der Waals surface area contributed by atoms with Gasteiger partial charge in [-0.25, -0.2) is 22.4 Å². The summed E-state index contributed by atoms with van der Waals surface area (Å²) in [5, 5.41) is 5.22.